The zero-order valence-electron chi connectivity index (χ0n) is 11.0. The van der Waals surface area contributed by atoms with Crippen molar-refractivity contribution in [2.24, 2.45) is 0 Å². The predicted molar refractivity (Wildman–Crippen MR) is 73.0 cm³/mol. The van der Waals surface area contributed by atoms with E-state index in [1.54, 1.807) is 7.11 Å². The number of hydrogen-bond acceptors (Lipinski definition) is 3. The van der Waals surface area contributed by atoms with E-state index in [0.29, 0.717) is 12.5 Å². The molecule has 0 aliphatic carbocycles. The van der Waals surface area contributed by atoms with Gasteiger partial charge in [0.05, 0.1) is 18.5 Å². The van der Waals surface area contributed by atoms with Gasteiger partial charge in [-0.25, -0.2) is 9.97 Å². The van der Waals surface area contributed by atoms with Gasteiger partial charge >= 0.3 is 0 Å². The maximum absolute atomic E-state index is 5.99. The molecule has 1 unspecified atom stereocenters. The van der Waals surface area contributed by atoms with Crippen LogP contribution in [-0.4, -0.2) is 28.3 Å². The molecule has 0 saturated heterocycles. The molecule has 0 fully saturated rings. The SMILES string of the molecule is CCC(COC)n1c(CCl)nc2cc(C)cnc21. The summed E-state index contributed by atoms with van der Waals surface area (Å²) in [4.78, 5) is 9.04. The Morgan fingerprint density at radius 2 is 2.28 bits per heavy atom. The van der Waals surface area contributed by atoms with Crippen molar-refractivity contribution in [3.8, 4) is 0 Å². The molecule has 0 spiro atoms. The third-order valence-electron chi connectivity index (χ3n) is 3.05. The Hall–Kier alpha value is -1.13. The van der Waals surface area contributed by atoms with Gasteiger partial charge < -0.3 is 9.30 Å². The number of fused-ring (bicyclic) bond motifs is 1. The summed E-state index contributed by atoms with van der Waals surface area (Å²) in [6.45, 7) is 4.78. The lowest BCUT2D eigenvalue weighted by Crippen LogP contribution is -2.16. The van der Waals surface area contributed by atoms with Crippen LogP contribution < -0.4 is 0 Å². The summed E-state index contributed by atoms with van der Waals surface area (Å²) in [5.41, 5.74) is 2.90. The number of rotatable bonds is 5. The minimum Gasteiger partial charge on any atom is -0.383 e. The third kappa shape index (κ3) is 2.35. The highest BCUT2D eigenvalue weighted by Gasteiger charge is 2.18. The minimum atomic E-state index is 0.226. The first-order valence-corrected chi connectivity index (χ1v) is 6.63. The van der Waals surface area contributed by atoms with Gasteiger partial charge in [0.2, 0.25) is 0 Å². The van der Waals surface area contributed by atoms with Crippen LogP contribution in [0.15, 0.2) is 12.3 Å². The predicted octanol–water partition coefficient (Wildman–Crippen LogP) is 3.08. The number of halogens is 1. The van der Waals surface area contributed by atoms with Crippen molar-refractivity contribution in [3.63, 3.8) is 0 Å². The summed E-state index contributed by atoms with van der Waals surface area (Å²) in [7, 11) is 1.71. The Balaban J connectivity index is 2.58. The highest BCUT2D eigenvalue weighted by molar-refractivity contribution is 6.16. The van der Waals surface area contributed by atoms with E-state index in [9.17, 15) is 0 Å². The molecule has 5 heteroatoms. The fraction of sp³-hybridized carbons (Fsp3) is 0.538. The van der Waals surface area contributed by atoms with E-state index < -0.39 is 0 Å². The number of aromatic nitrogens is 3. The van der Waals surface area contributed by atoms with Crippen LogP contribution in [0.25, 0.3) is 11.2 Å². The number of alkyl halides is 1. The molecule has 0 radical (unpaired) electrons. The zero-order chi connectivity index (χ0) is 13.1. The fourth-order valence-corrected chi connectivity index (χ4v) is 2.36. The maximum Gasteiger partial charge on any atom is 0.160 e. The molecule has 0 aliphatic heterocycles. The van der Waals surface area contributed by atoms with Crippen LogP contribution in [0.3, 0.4) is 0 Å². The molecule has 0 saturated carbocycles. The van der Waals surface area contributed by atoms with Gasteiger partial charge in [-0.05, 0) is 25.0 Å². The van der Waals surface area contributed by atoms with Crippen molar-refractivity contribution in [1.82, 2.24) is 14.5 Å². The first-order chi connectivity index (χ1) is 8.71. The number of nitrogens with zero attached hydrogens (tertiary/aromatic N) is 3. The highest BCUT2D eigenvalue weighted by atomic mass is 35.5. The zero-order valence-corrected chi connectivity index (χ0v) is 11.7. The molecule has 2 heterocycles. The second-order valence-electron chi connectivity index (χ2n) is 4.40. The van der Waals surface area contributed by atoms with Gasteiger partial charge in [-0.3, -0.25) is 0 Å². The van der Waals surface area contributed by atoms with Gasteiger partial charge in [0.15, 0.2) is 5.65 Å². The summed E-state index contributed by atoms with van der Waals surface area (Å²) >= 11 is 5.99. The van der Waals surface area contributed by atoms with Crippen LogP contribution in [0.1, 0.15) is 30.8 Å². The largest absolute Gasteiger partial charge is 0.383 e. The van der Waals surface area contributed by atoms with Gasteiger partial charge in [0.1, 0.15) is 11.3 Å². The molecule has 18 heavy (non-hydrogen) atoms. The van der Waals surface area contributed by atoms with Crippen molar-refractivity contribution in [3.05, 3.63) is 23.7 Å². The molecule has 4 nitrogen and oxygen atoms in total. The Labute approximate surface area is 112 Å². The van der Waals surface area contributed by atoms with Crippen LogP contribution >= 0.6 is 11.6 Å². The topological polar surface area (TPSA) is 39.9 Å². The van der Waals surface area contributed by atoms with Crippen molar-refractivity contribution in [2.75, 3.05) is 13.7 Å². The molecule has 0 amide bonds. The maximum atomic E-state index is 5.99. The van der Waals surface area contributed by atoms with Gasteiger partial charge in [-0.15, -0.1) is 11.6 Å². The van der Waals surface area contributed by atoms with Crippen molar-refractivity contribution >= 4 is 22.8 Å². The molecule has 0 aliphatic rings. The van der Waals surface area contributed by atoms with E-state index in [4.69, 9.17) is 16.3 Å². The number of methoxy groups -OCH3 is 1. The molecule has 0 bridgehead atoms. The average Bonchev–Trinajstić information content (AvgIpc) is 2.73. The Morgan fingerprint density at radius 1 is 1.50 bits per heavy atom. The van der Waals surface area contributed by atoms with E-state index in [1.165, 1.54) is 0 Å². The summed E-state index contributed by atoms with van der Waals surface area (Å²) in [6, 6.07) is 2.26. The van der Waals surface area contributed by atoms with Gasteiger partial charge in [-0.2, -0.15) is 0 Å². The Bertz CT molecular complexity index is 538. The number of pyridine rings is 1. The summed E-state index contributed by atoms with van der Waals surface area (Å²) in [6.07, 6.45) is 2.82. The van der Waals surface area contributed by atoms with E-state index in [2.05, 4.69) is 21.5 Å². The minimum absolute atomic E-state index is 0.226. The summed E-state index contributed by atoms with van der Waals surface area (Å²) in [5, 5.41) is 0. The van der Waals surface area contributed by atoms with Crippen molar-refractivity contribution < 1.29 is 4.74 Å². The number of aryl methyl sites for hydroxylation is 1. The van der Waals surface area contributed by atoms with Crippen molar-refractivity contribution in [1.29, 1.82) is 0 Å². The quantitative estimate of drug-likeness (QED) is 0.782. The van der Waals surface area contributed by atoms with Crippen LogP contribution in [0.2, 0.25) is 0 Å². The molecule has 98 valence electrons. The van der Waals surface area contributed by atoms with Gasteiger partial charge in [0.25, 0.3) is 0 Å². The van der Waals surface area contributed by atoms with Crippen molar-refractivity contribution in [2.45, 2.75) is 32.2 Å². The van der Waals surface area contributed by atoms with Crippen LogP contribution in [0.5, 0.6) is 0 Å². The number of ether oxygens (including phenoxy) is 1. The monoisotopic (exact) mass is 267 g/mol. The average molecular weight is 268 g/mol. The van der Waals surface area contributed by atoms with E-state index in [-0.39, 0.29) is 6.04 Å². The first-order valence-electron chi connectivity index (χ1n) is 6.09. The number of hydrogen-bond donors (Lipinski definition) is 0. The standard InChI is InChI=1S/C13H18ClN3O/c1-4-10(8-18-3)17-12(6-14)16-11-5-9(2)7-15-13(11)17/h5,7,10H,4,6,8H2,1-3H3. The third-order valence-corrected chi connectivity index (χ3v) is 3.29. The molecule has 2 rings (SSSR count). The second-order valence-corrected chi connectivity index (χ2v) is 4.67. The molecular formula is C13H18ClN3O. The van der Waals surface area contributed by atoms with E-state index >= 15 is 0 Å². The lowest BCUT2D eigenvalue weighted by atomic mass is 10.2. The summed E-state index contributed by atoms with van der Waals surface area (Å²) in [5.74, 6) is 1.24. The second kappa shape index (κ2) is 5.67. The lowest BCUT2D eigenvalue weighted by molar-refractivity contribution is 0.153. The molecule has 0 aromatic carbocycles. The molecule has 2 aromatic heterocycles. The first kappa shape index (κ1) is 13.3. The molecular weight excluding hydrogens is 250 g/mol. The smallest absolute Gasteiger partial charge is 0.160 e. The van der Waals surface area contributed by atoms with Gasteiger partial charge in [-0.1, -0.05) is 6.92 Å². The van der Waals surface area contributed by atoms with Gasteiger partial charge in [0, 0.05) is 13.3 Å². The molecule has 0 N–H and O–H groups in total. The Morgan fingerprint density at radius 3 is 2.89 bits per heavy atom. The summed E-state index contributed by atoms with van der Waals surface area (Å²) < 4.78 is 7.37. The lowest BCUT2D eigenvalue weighted by Gasteiger charge is -2.18. The van der Waals surface area contributed by atoms with Crippen LogP contribution in [-0.2, 0) is 10.6 Å². The molecule has 1 atom stereocenters. The van der Waals surface area contributed by atoms with E-state index in [0.717, 1.165) is 29.0 Å². The molecule has 2 aromatic rings. The van der Waals surface area contributed by atoms with Crippen LogP contribution in [0.4, 0.5) is 0 Å². The normalized spacial score (nSPS) is 13.1. The van der Waals surface area contributed by atoms with E-state index in [1.807, 2.05) is 19.2 Å². The fourth-order valence-electron chi connectivity index (χ4n) is 2.17. The van der Waals surface area contributed by atoms with Crippen LogP contribution in [0, 0.1) is 6.92 Å². The highest BCUT2D eigenvalue weighted by Crippen LogP contribution is 2.23. The Kier molecular flexibility index (Phi) is 4.19. The number of imidazole rings is 1.